The average molecular weight is 442 g/mol. The van der Waals surface area contributed by atoms with Crippen LogP contribution in [0.15, 0.2) is 41.7 Å². The Hall–Kier alpha value is -2.99. The third-order valence-electron chi connectivity index (χ3n) is 5.10. The van der Waals surface area contributed by atoms with Crippen LogP contribution in [0.25, 0.3) is 0 Å². The van der Waals surface area contributed by atoms with Gasteiger partial charge in [0.1, 0.15) is 12.9 Å². The highest BCUT2D eigenvalue weighted by atomic mass is 19.4. The van der Waals surface area contributed by atoms with Crippen molar-refractivity contribution in [3.63, 3.8) is 0 Å². The summed E-state index contributed by atoms with van der Waals surface area (Å²) in [5.74, 6) is -2.79. The van der Waals surface area contributed by atoms with E-state index in [0.29, 0.717) is 6.54 Å². The molecule has 2 aromatic rings. The number of nitrogens with zero attached hydrogens (tertiary/aromatic N) is 4. The van der Waals surface area contributed by atoms with Gasteiger partial charge in [-0.15, -0.1) is 0 Å². The minimum Gasteiger partial charge on any atom is -0.475 e. The summed E-state index contributed by atoms with van der Waals surface area (Å²) in [5, 5.41) is 7.12. The van der Waals surface area contributed by atoms with Gasteiger partial charge in [-0.25, -0.2) is 14.8 Å². The number of hydrogen-bond acceptors (Lipinski definition) is 7. The number of amides is 1. The normalized spacial score (nSPS) is 19.1. The molecule has 1 N–H and O–H groups in total. The molecule has 0 saturated carbocycles. The van der Waals surface area contributed by atoms with E-state index in [4.69, 9.17) is 19.1 Å². The molecule has 1 spiro atoms. The van der Waals surface area contributed by atoms with Crippen LogP contribution in [-0.4, -0.2) is 69.9 Å². The largest absolute Gasteiger partial charge is 0.490 e. The Balaban J connectivity index is 0.000000339. The number of carbonyl (C=O) groups excluding carboxylic acids is 1. The zero-order valence-electron chi connectivity index (χ0n) is 16.4. The number of likely N-dealkylation sites (tertiary alicyclic amines) is 1. The number of anilines is 1. The SMILES string of the molecule is O=C(O)C(F)(F)F.O=C1COC2(CCN(Cc3ccoc3)CC2)CN1c1cncnc1. The molecule has 2 saturated heterocycles. The number of aromatic nitrogens is 2. The smallest absolute Gasteiger partial charge is 0.475 e. The van der Waals surface area contributed by atoms with Crippen molar-refractivity contribution in [2.24, 2.45) is 0 Å². The number of aliphatic carboxylic acids is 1. The first-order valence-electron chi connectivity index (χ1n) is 9.41. The summed E-state index contributed by atoms with van der Waals surface area (Å²) in [6, 6.07) is 2.00. The lowest BCUT2D eigenvalue weighted by atomic mass is 9.89. The fourth-order valence-corrected chi connectivity index (χ4v) is 3.44. The van der Waals surface area contributed by atoms with Gasteiger partial charge in [-0.2, -0.15) is 13.2 Å². The lowest BCUT2D eigenvalue weighted by molar-refractivity contribution is -0.192. The molecule has 12 heteroatoms. The van der Waals surface area contributed by atoms with Crippen LogP contribution >= 0.6 is 0 Å². The standard InChI is InChI=1S/C17H20N4O3.C2HF3O2/c22-16-11-24-17(12-21(16)15-7-18-13-19-8-15)2-4-20(5-3-17)9-14-1-6-23-10-14;3-2(4,5)1(6)7/h1,6-8,10,13H,2-5,9,11-12H2;(H,6,7). The number of morpholine rings is 1. The molecule has 1 amide bonds. The first-order chi connectivity index (χ1) is 14.7. The molecule has 4 heterocycles. The lowest BCUT2D eigenvalue weighted by Gasteiger charge is -2.46. The molecule has 0 bridgehead atoms. The average Bonchev–Trinajstić information content (AvgIpc) is 3.25. The van der Waals surface area contributed by atoms with Crippen LogP contribution in [0.2, 0.25) is 0 Å². The van der Waals surface area contributed by atoms with Crippen molar-refractivity contribution < 1.29 is 37.0 Å². The number of hydrogen-bond donors (Lipinski definition) is 1. The quantitative estimate of drug-likeness (QED) is 0.770. The van der Waals surface area contributed by atoms with Crippen LogP contribution in [0.4, 0.5) is 18.9 Å². The molecule has 168 valence electrons. The van der Waals surface area contributed by atoms with Gasteiger partial charge in [0.15, 0.2) is 0 Å². The van der Waals surface area contributed by atoms with E-state index in [2.05, 4.69) is 14.9 Å². The minimum atomic E-state index is -5.08. The second-order valence-corrected chi connectivity index (χ2v) is 7.26. The van der Waals surface area contributed by atoms with Gasteiger partial charge in [-0.05, 0) is 18.9 Å². The summed E-state index contributed by atoms with van der Waals surface area (Å²) in [7, 11) is 0. The van der Waals surface area contributed by atoms with Crippen molar-refractivity contribution in [3.05, 3.63) is 42.9 Å². The van der Waals surface area contributed by atoms with E-state index < -0.39 is 12.1 Å². The summed E-state index contributed by atoms with van der Waals surface area (Å²) >= 11 is 0. The van der Waals surface area contributed by atoms with E-state index in [0.717, 1.165) is 38.2 Å². The van der Waals surface area contributed by atoms with E-state index in [-0.39, 0.29) is 18.1 Å². The van der Waals surface area contributed by atoms with Gasteiger partial charge in [-0.1, -0.05) is 0 Å². The Morgan fingerprint density at radius 3 is 2.42 bits per heavy atom. The molecule has 2 aromatic heterocycles. The maximum atomic E-state index is 12.2. The Morgan fingerprint density at radius 1 is 1.23 bits per heavy atom. The third-order valence-corrected chi connectivity index (χ3v) is 5.10. The van der Waals surface area contributed by atoms with Crippen LogP contribution in [0.3, 0.4) is 0 Å². The second kappa shape index (κ2) is 9.43. The molecule has 31 heavy (non-hydrogen) atoms. The first-order valence-corrected chi connectivity index (χ1v) is 9.41. The number of piperidine rings is 1. The Bertz CT molecular complexity index is 868. The van der Waals surface area contributed by atoms with Crippen molar-refractivity contribution in [1.82, 2.24) is 14.9 Å². The molecule has 0 aliphatic carbocycles. The van der Waals surface area contributed by atoms with Crippen LogP contribution in [0, 0.1) is 0 Å². The van der Waals surface area contributed by atoms with Gasteiger partial charge in [0.25, 0.3) is 5.91 Å². The zero-order valence-corrected chi connectivity index (χ0v) is 16.4. The molecule has 0 atom stereocenters. The second-order valence-electron chi connectivity index (χ2n) is 7.26. The highest BCUT2D eigenvalue weighted by Crippen LogP contribution is 2.32. The Labute approximate surface area is 175 Å². The van der Waals surface area contributed by atoms with E-state index in [1.165, 1.54) is 11.9 Å². The highest BCUT2D eigenvalue weighted by molar-refractivity contribution is 5.94. The number of carbonyl (C=O) groups is 2. The summed E-state index contributed by atoms with van der Waals surface area (Å²) in [6.45, 7) is 3.47. The first kappa shape index (κ1) is 22.7. The number of halogens is 3. The lowest BCUT2D eigenvalue weighted by Crippen LogP contribution is -2.58. The topological polar surface area (TPSA) is 109 Å². The summed E-state index contributed by atoms with van der Waals surface area (Å²) in [5.41, 5.74) is 1.66. The fraction of sp³-hybridized carbons (Fsp3) is 0.474. The van der Waals surface area contributed by atoms with Crippen LogP contribution in [-0.2, 0) is 20.9 Å². The van der Waals surface area contributed by atoms with Crippen LogP contribution in [0.1, 0.15) is 18.4 Å². The number of furan rings is 1. The van der Waals surface area contributed by atoms with E-state index in [9.17, 15) is 18.0 Å². The predicted molar refractivity (Wildman–Crippen MR) is 100.0 cm³/mol. The van der Waals surface area contributed by atoms with Crippen molar-refractivity contribution in [1.29, 1.82) is 0 Å². The van der Waals surface area contributed by atoms with Gasteiger partial charge in [0.2, 0.25) is 0 Å². The Morgan fingerprint density at radius 2 is 1.87 bits per heavy atom. The zero-order chi connectivity index (χ0) is 22.5. The number of rotatable bonds is 3. The van der Waals surface area contributed by atoms with Gasteiger partial charge < -0.3 is 19.2 Å². The minimum absolute atomic E-state index is 0.0312. The van der Waals surface area contributed by atoms with Crippen molar-refractivity contribution >= 4 is 17.6 Å². The molecule has 0 unspecified atom stereocenters. The number of carboxylic acid groups (broad SMARTS) is 1. The third kappa shape index (κ3) is 6.01. The highest BCUT2D eigenvalue weighted by Gasteiger charge is 2.42. The van der Waals surface area contributed by atoms with Crippen molar-refractivity contribution in [3.8, 4) is 0 Å². The van der Waals surface area contributed by atoms with Gasteiger partial charge in [0, 0.05) is 25.2 Å². The summed E-state index contributed by atoms with van der Waals surface area (Å²) in [4.78, 5) is 33.3. The molecule has 0 aromatic carbocycles. The molecule has 2 fully saturated rings. The molecule has 0 radical (unpaired) electrons. The molecular formula is C19H21F3N4O5. The fourth-order valence-electron chi connectivity index (χ4n) is 3.44. The van der Waals surface area contributed by atoms with Crippen molar-refractivity contribution in [2.45, 2.75) is 31.2 Å². The van der Waals surface area contributed by atoms with Crippen molar-refractivity contribution in [2.75, 3.05) is 31.1 Å². The summed E-state index contributed by atoms with van der Waals surface area (Å²) in [6.07, 6.45) is 5.05. The van der Waals surface area contributed by atoms with E-state index >= 15 is 0 Å². The molecule has 2 aliphatic heterocycles. The molecular weight excluding hydrogens is 421 g/mol. The van der Waals surface area contributed by atoms with Crippen LogP contribution in [0.5, 0.6) is 0 Å². The van der Waals surface area contributed by atoms with E-state index in [1.54, 1.807) is 29.8 Å². The monoisotopic (exact) mass is 442 g/mol. The number of alkyl halides is 3. The molecule has 2 aliphatic rings. The maximum Gasteiger partial charge on any atom is 0.490 e. The number of carboxylic acids is 1. The molecule has 4 rings (SSSR count). The van der Waals surface area contributed by atoms with Gasteiger partial charge in [0.05, 0.1) is 42.8 Å². The predicted octanol–water partition coefficient (Wildman–Crippen LogP) is 2.10. The number of ether oxygens (including phenoxy) is 1. The Kier molecular flexibility index (Phi) is 6.91. The summed E-state index contributed by atoms with van der Waals surface area (Å²) < 4.78 is 42.8. The molecule has 9 nitrogen and oxygen atoms in total. The maximum absolute atomic E-state index is 12.2. The van der Waals surface area contributed by atoms with Gasteiger partial charge in [-0.3, -0.25) is 9.69 Å². The van der Waals surface area contributed by atoms with Gasteiger partial charge >= 0.3 is 12.1 Å². The van der Waals surface area contributed by atoms with Crippen LogP contribution < -0.4 is 4.90 Å². The van der Waals surface area contributed by atoms with E-state index in [1.807, 2.05) is 6.07 Å².